The smallest absolute Gasteiger partial charge is 0.255 e. The van der Waals surface area contributed by atoms with E-state index in [0.29, 0.717) is 11.3 Å². The maximum absolute atomic E-state index is 11.9. The van der Waals surface area contributed by atoms with Crippen LogP contribution in [-0.2, 0) is 0 Å². The van der Waals surface area contributed by atoms with Crippen LogP contribution in [-0.4, -0.2) is 10.9 Å². The van der Waals surface area contributed by atoms with Crippen molar-refractivity contribution in [3.8, 4) is 0 Å². The van der Waals surface area contributed by atoms with Gasteiger partial charge in [0, 0.05) is 16.2 Å². The zero-order valence-electron chi connectivity index (χ0n) is 9.27. The molecule has 0 aliphatic rings. The Labute approximate surface area is 108 Å². The summed E-state index contributed by atoms with van der Waals surface area (Å²) in [4.78, 5) is 15.9. The van der Waals surface area contributed by atoms with Crippen LogP contribution in [0.25, 0.3) is 0 Å². The molecule has 4 heteroatoms. The maximum Gasteiger partial charge on any atom is 0.255 e. The molecule has 2 aromatic rings. The van der Waals surface area contributed by atoms with Gasteiger partial charge in [0.25, 0.3) is 5.91 Å². The van der Waals surface area contributed by atoms with Crippen molar-refractivity contribution >= 4 is 27.5 Å². The molecule has 0 saturated heterocycles. The van der Waals surface area contributed by atoms with Gasteiger partial charge in [0.2, 0.25) is 0 Å². The fourth-order valence-corrected chi connectivity index (χ4v) is 1.86. The summed E-state index contributed by atoms with van der Waals surface area (Å²) in [7, 11) is 0. The number of aryl methyl sites for hydroxylation is 1. The summed E-state index contributed by atoms with van der Waals surface area (Å²) in [5, 5.41) is 2.80. The van der Waals surface area contributed by atoms with E-state index < -0.39 is 0 Å². The third-order valence-electron chi connectivity index (χ3n) is 2.22. The Balaban J connectivity index is 2.17. The van der Waals surface area contributed by atoms with Gasteiger partial charge in [0.1, 0.15) is 0 Å². The van der Waals surface area contributed by atoms with E-state index >= 15 is 0 Å². The summed E-state index contributed by atoms with van der Waals surface area (Å²) < 4.78 is 0.882. The van der Waals surface area contributed by atoms with Gasteiger partial charge in [-0.3, -0.25) is 9.78 Å². The summed E-state index contributed by atoms with van der Waals surface area (Å²) in [6.07, 6.45) is 3.37. The molecule has 2 rings (SSSR count). The van der Waals surface area contributed by atoms with Crippen LogP contribution in [0, 0.1) is 6.92 Å². The van der Waals surface area contributed by atoms with Crippen LogP contribution in [0.1, 0.15) is 15.9 Å². The summed E-state index contributed by atoms with van der Waals surface area (Å²) in [6, 6.07) is 9.13. The highest BCUT2D eigenvalue weighted by atomic mass is 79.9. The Hall–Kier alpha value is -1.68. The molecule has 86 valence electrons. The topological polar surface area (TPSA) is 42.0 Å². The van der Waals surface area contributed by atoms with E-state index in [4.69, 9.17) is 0 Å². The zero-order chi connectivity index (χ0) is 12.3. The molecule has 0 fully saturated rings. The number of pyridine rings is 1. The molecule has 0 unspecified atom stereocenters. The Kier molecular flexibility index (Phi) is 3.54. The van der Waals surface area contributed by atoms with E-state index in [-0.39, 0.29) is 5.91 Å². The minimum absolute atomic E-state index is 0.140. The highest BCUT2D eigenvalue weighted by molar-refractivity contribution is 9.10. The predicted octanol–water partition coefficient (Wildman–Crippen LogP) is 3.40. The molecule has 17 heavy (non-hydrogen) atoms. The van der Waals surface area contributed by atoms with Crippen molar-refractivity contribution in [2.24, 2.45) is 0 Å². The Morgan fingerprint density at radius 3 is 2.82 bits per heavy atom. The average molecular weight is 291 g/mol. The predicted molar refractivity (Wildman–Crippen MR) is 71.1 cm³/mol. The third-order valence-corrected chi connectivity index (χ3v) is 2.71. The van der Waals surface area contributed by atoms with E-state index in [1.54, 1.807) is 24.5 Å². The Morgan fingerprint density at radius 1 is 1.29 bits per heavy atom. The summed E-state index contributed by atoms with van der Waals surface area (Å²) in [5.74, 6) is -0.140. The number of hydrogen-bond donors (Lipinski definition) is 1. The van der Waals surface area contributed by atoms with Crippen LogP contribution in [0.15, 0.2) is 47.2 Å². The number of rotatable bonds is 2. The van der Waals surface area contributed by atoms with E-state index in [2.05, 4.69) is 26.2 Å². The fraction of sp³-hybridized carbons (Fsp3) is 0.0769. The fourth-order valence-electron chi connectivity index (χ4n) is 1.46. The quantitative estimate of drug-likeness (QED) is 0.921. The van der Waals surface area contributed by atoms with Crippen molar-refractivity contribution in [1.29, 1.82) is 0 Å². The van der Waals surface area contributed by atoms with Crippen molar-refractivity contribution in [1.82, 2.24) is 4.98 Å². The molecule has 1 N–H and O–H groups in total. The molecule has 0 aliphatic carbocycles. The van der Waals surface area contributed by atoms with E-state index in [9.17, 15) is 4.79 Å². The summed E-state index contributed by atoms with van der Waals surface area (Å²) in [5.41, 5.74) is 2.33. The molecular weight excluding hydrogens is 280 g/mol. The number of benzene rings is 1. The molecule has 3 nitrogen and oxygen atoms in total. The molecule has 1 aromatic carbocycles. The standard InChI is InChI=1S/C13H11BrN2O/c1-9-5-12(8-15-7-9)16-13(17)10-3-2-4-11(14)6-10/h2-8H,1H3,(H,16,17). The molecule has 0 radical (unpaired) electrons. The van der Waals surface area contributed by atoms with Crippen LogP contribution in [0.5, 0.6) is 0 Å². The highest BCUT2D eigenvalue weighted by Gasteiger charge is 2.06. The normalized spacial score (nSPS) is 10.0. The van der Waals surface area contributed by atoms with Gasteiger partial charge in [-0.2, -0.15) is 0 Å². The number of nitrogens with zero attached hydrogens (tertiary/aromatic N) is 1. The number of aromatic nitrogens is 1. The Bertz CT molecular complexity index is 555. The van der Waals surface area contributed by atoms with Crippen LogP contribution < -0.4 is 5.32 Å². The number of carbonyl (C=O) groups is 1. The zero-order valence-corrected chi connectivity index (χ0v) is 10.9. The lowest BCUT2D eigenvalue weighted by Gasteiger charge is -2.05. The van der Waals surface area contributed by atoms with Gasteiger partial charge in [-0.1, -0.05) is 22.0 Å². The molecule has 0 saturated carbocycles. The molecule has 0 aliphatic heterocycles. The van der Waals surface area contributed by atoms with Crippen molar-refractivity contribution in [3.05, 3.63) is 58.3 Å². The lowest BCUT2D eigenvalue weighted by atomic mass is 10.2. The first-order valence-electron chi connectivity index (χ1n) is 5.14. The monoisotopic (exact) mass is 290 g/mol. The SMILES string of the molecule is Cc1cncc(NC(=O)c2cccc(Br)c2)c1. The highest BCUT2D eigenvalue weighted by Crippen LogP contribution is 2.14. The lowest BCUT2D eigenvalue weighted by Crippen LogP contribution is -2.12. The van der Waals surface area contributed by atoms with Crippen molar-refractivity contribution in [2.45, 2.75) is 6.92 Å². The number of halogens is 1. The van der Waals surface area contributed by atoms with Gasteiger partial charge in [-0.15, -0.1) is 0 Å². The van der Waals surface area contributed by atoms with Gasteiger partial charge < -0.3 is 5.32 Å². The van der Waals surface area contributed by atoms with Crippen LogP contribution in [0.3, 0.4) is 0 Å². The molecule has 0 atom stereocenters. The molecule has 0 spiro atoms. The second kappa shape index (κ2) is 5.10. The average Bonchev–Trinajstić information content (AvgIpc) is 2.29. The van der Waals surface area contributed by atoms with Gasteiger partial charge in [-0.25, -0.2) is 0 Å². The molecule has 1 aromatic heterocycles. The van der Waals surface area contributed by atoms with E-state index in [0.717, 1.165) is 10.0 Å². The number of carbonyl (C=O) groups excluding carboxylic acids is 1. The van der Waals surface area contributed by atoms with Gasteiger partial charge in [0.05, 0.1) is 11.9 Å². The lowest BCUT2D eigenvalue weighted by molar-refractivity contribution is 0.102. The second-order valence-corrected chi connectivity index (χ2v) is 4.63. The minimum atomic E-state index is -0.140. The summed E-state index contributed by atoms with van der Waals surface area (Å²) in [6.45, 7) is 1.93. The summed E-state index contributed by atoms with van der Waals surface area (Å²) >= 11 is 3.34. The van der Waals surface area contributed by atoms with Crippen LogP contribution in [0.4, 0.5) is 5.69 Å². The van der Waals surface area contributed by atoms with Crippen LogP contribution >= 0.6 is 15.9 Å². The van der Waals surface area contributed by atoms with Crippen molar-refractivity contribution in [3.63, 3.8) is 0 Å². The van der Waals surface area contributed by atoms with Gasteiger partial charge in [0.15, 0.2) is 0 Å². The van der Waals surface area contributed by atoms with Crippen molar-refractivity contribution in [2.75, 3.05) is 5.32 Å². The third kappa shape index (κ3) is 3.14. The second-order valence-electron chi connectivity index (χ2n) is 3.72. The molecular formula is C13H11BrN2O. The molecule has 0 bridgehead atoms. The first kappa shape index (κ1) is 11.8. The van der Waals surface area contributed by atoms with E-state index in [1.807, 2.05) is 25.1 Å². The van der Waals surface area contributed by atoms with Gasteiger partial charge in [-0.05, 0) is 36.8 Å². The maximum atomic E-state index is 11.9. The number of hydrogen-bond acceptors (Lipinski definition) is 2. The first-order chi connectivity index (χ1) is 8.15. The van der Waals surface area contributed by atoms with Crippen LogP contribution in [0.2, 0.25) is 0 Å². The van der Waals surface area contributed by atoms with E-state index in [1.165, 1.54) is 0 Å². The number of nitrogens with one attached hydrogen (secondary N) is 1. The molecule has 1 heterocycles. The number of anilines is 1. The van der Waals surface area contributed by atoms with Gasteiger partial charge >= 0.3 is 0 Å². The molecule has 1 amide bonds. The Morgan fingerprint density at radius 2 is 2.12 bits per heavy atom. The van der Waals surface area contributed by atoms with Crippen molar-refractivity contribution < 1.29 is 4.79 Å². The largest absolute Gasteiger partial charge is 0.321 e. The minimum Gasteiger partial charge on any atom is -0.321 e. The number of amides is 1. The first-order valence-corrected chi connectivity index (χ1v) is 5.93.